The Morgan fingerprint density at radius 3 is 2.39 bits per heavy atom. The molecule has 1 aliphatic heterocycles. The molecule has 0 aliphatic carbocycles. The van der Waals surface area contributed by atoms with Crippen LogP contribution in [0.15, 0.2) is 18.2 Å². The fourth-order valence-electron chi connectivity index (χ4n) is 4.82. The fraction of sp³-hybridized carbons (Fsp3) is 0.556. The van der Waals surface area contributed by atoms with E-state index in [0.717, 1.165) is 0 Å². The molecule has 208 valence electrons. The highest BCUT2D eigenvalue weighted by Gasteiger charge is 2.41. The molecule has 10 nitrogen and oxygen atoms in total. The Hall–Kier alpha value is -3.27. The number of ether oxygens (including phenoxy) is 2. The van der Waals surface area contributed by atoms with Gasteiger partial charge >= 0.3 is 5.97 Å². The number of methoxy groups -OCH3 is 2. The van der Waals surface area contributed by atoms with Gasteiger partial charge in [0.15, 0.2) is 0 Å². The minimum atomic E-state index is -1.05. The van der Waals surface area contributed by atoms with Gasteiger partial charge < -0.3 is 30.4 Å². The molecule has 3 rings (SSSR count). The van der Waals surface area contributed by atoms with Gasteiger partial charge in [-0.1, -0.05) is 32.4 Å². The molecule has 1 aromatic carbocycles. The normalized spacial score (nSPS) is 18.4. The molecule has 0 bridgehead atoms. The van der Waals surface area contributed by atoms with Crippen molar-refractivity contribution in [3.8, 4) is 5.75 Å². The molecule has 2 aromatic rings. The highest BCUT2D eigenvalue weighted by Crippen LogP contribution is 2.32. The summed E-state index contributed by atoms with van der Waals surface area (Å²) in [5, 5.41) is 9.45. The molecule has 0 saturated carbocycles. The average molecular weight is 549 g/mol. The summed E-state index contributed by atoms with van der Waals surface area (Å²) in [6, 6.07) is 2.96. The number of carbonyl (C=O) groups excluding carboxylic acids is 4. The molecule has 38 heavy (non-hydrogen) atoms. The summed E-state index contributed by atoms with van der Waals surface area (Å²) in [6.45, 7) is 9.62. The molecule has 3 atom stereocenters. The van der Waals surface area contributed by atoms with E-state index in [-0.39, 0.29) is 23.4 Å². The second-order valence-corrected chi connectivity index (χ2v) is 12.0. The molecular formula is C27H37ClN4O6. The Morgan fingerprint density at radius 2 is 1.84 bits per heavy atom. The Labute approximate surface area is 227 Å². The van der Waals surface area contributed by atoms with Gasteiger partial charge in [0.25, 0.3) is 5.91 Å². The Morgan fingerprint density at radius 1 is 1.16 bits per heavy atom. The van der Waals surface area contributed by atoms with E-state index < -0.39 is 41.3 Å². The number of benzene rings is 1. The van der Waals surface area contributed by atoms with Gasteiger partial charge in [0, 0.05) is 16.8 Å². The van der Waals surface area contributed by atoms with Crippen molar-refractivity contribution in [2.45, 2.75) is 71.5 Å². The first-order valence-electron chi connectivity index (χ1n) is 12.5. The zero-order chi connectivity index (χ0) is 28.4. The van der Waals surface area contributed by atoms with Crippen LogP contribution in [0.5, 0.6) is 5.75 Å². The molecular weight excluding hydrogens is 512 g/mol. The maximum absolute atomic E-state index is 13.4. The van der Waals surface area contributed by atoms with Gasteiger partial charge in [-0.25, -0.2) is 4.79 Å². The summed E-state index contributed by atoms with van der Waals surface area (Å²) in [6.07, 6.45) is 0.896. The molecule has 3 unspecified atom stereocenters. The van der Waals surface area contributed by atoms with Gasteiger partial charge in [0.2, 0.25) is 11.8 Å². The van der Waals surface area contributed by atoms with Crippen LogP contribution >= 0.6 is 11.6 Å². The minimum absolute atomic E-state index is 0.0875. The van der Waals surface area contributed by atoms with Crippen LogP contribution in [0.25, 0.3) is 10.9 Å². The van der Waals surface area contributed by atoms with Gasteiger partial charge in [-0.05, 0) is 56.7 Å². The number of H-pyrrole nitrogens is 1. The lowest BCUT2D eigenvalue weighted by Gasteiger charge is -2.28. The second kappa shape index (κ2) is 11.2. The molecule has 0 radical (unpaired) electrons. The van der Waals surface area contributed by atoms with E-state index in [4.69, 9.17) is 21.1 Å². The van der Waals surface area contributed by atoms with Crippen LogP contribution in [0, 0.1) is 11.3 Å². The topological polar surface area (TPSA) is 139 Å². The third-order valence-corrected chi connectivity index (χ3v) is 6.83. The molecule has 0 spiro atoms. The standard InChI is InChI=1S/C27H37ClN4O6/c1-26(2,3)13-19(31-23(34)17-11-15-20(37-6)9-8-16(28)21(15)29-17)24(35)30-18(25(36)38-7)10-14-12-27(4,5)32-22(14)33/h8-9,11,14,18-19,29H,10,12-13H2,1-7H3,(H,30,35)(H,31,34)(H,32,33). The number of hydrogen-bond acceptors (Lipinski definition) is 6. The number of rotatable bonds is 9. The summed E-state index contributed by atoms with van der Waals surface area (Å²) < 4.78 is 10.3. The third-order valence-electron chi connectivity index (χ3n) is 6.52. The van der Waals surface area contributed by atoms with Crippen LogP contribution in [0.4, 0.5) is 0 Å². The maximum Gasteiger partial charge on any atom is 0.328 e. The fourth-order valence-corrected chi connectivity index (χ4v) is 5.03. The van der Waals surface area contributed by atoms with Crippen LogP contribution in [0.2, 0.25) is 5.02 Å². The van der Waals surface area contributed by atoms with E-state index in [1.54, 1.807) is 18.2 Å². The molecule has 1 fully saturated rings. The molecule has 1 aromatic heterocycles. The van der Waals surface area contributed by atoms with Crippen molar-refractivity contribution in [2.75, 3.05) is 14.2 Å². The van der Waals surface area contributed by atoms with Crippen LogP contribution in [0.3, 0.4) is 0 Å². The SMILES string of the molecule is COC(=O)C(CC1CC(C)(C)NC1=O)NC(=O)C(CC(C)(C)C)NC(=O)c1cc2c(OC)ccc(Cl)c2[nH]1. The predicted octanol–water partition coefficient (Wildman–Crippen LogP) is 3.33. The van der Waals surface area contributed by atoms with Crippen molar-refractivity contribution in [1.82, 2.24) is 20.9 Å². The van der Waals surface area contributed by atoms with E-state index in [0.29, 0.717) is 34.5 Å². The molecule has 4 N–H and O–H groups in total. The highest BCUT2D eigenvalue weighted by molar-refractivity contribution is 6.35. The number of aromatic nitrogens is 1. The van der Waals surface area contributed by atoms with Crippen molar-refractivity contribution in [3.63, 3.8) is 0 Å². The lowest BCUT2D eigenvalue weighted by molar-refractivity contribution is -0.146. The summed E-state index contributed by atoms with van der Waals surface area (Å²) in [4.78, 5) is 54.7. The number of nitrogens with one attached hydrogen (secondary N) is 4. The molecule has 1 aliphatic rings. The number of amides is 3. The van der Waals surface area contributed by atoms with Crippen molar-refractivity contribution >= 4 is 46.2 Å². The third kappa shape index (κ3) is 6.98. The van der Waals surface area contributed by atoms with Crippen LogP contribution in [0.1, 0.15) is 64.4 Å². The highest BCUT2D eigenvalue weighted by atomic mass is 35.5. The number of halogens is 1. The van der Waals surface area contributed by atoms with Gasteiger partial charge in [0.1, 0.15) is 23.5 Å². The minimum Gasteiger partial charge on any atom is -0.496 e. The number of esters is 1. The van der Waals surface area contributed by atoms with E-state index in [2.05, 4.69) is 20.9 Å². The smallest absolute Gasteiger partial charge is 0.328 e. The quantitative estimate of drug-likeness (QED) is 0.355. The first-order valence-corrected chi connectivity index (χ1v) is 12.9. The van der Waals surface area contributed by atoms with Crippen molar-refractivity contribution in [1.29, 1.82) is 0 Å². The van der Waals surface area contributed by atoms with Crippen LogP contribution in [-0.2, 0) is 19.1 Å². The molecule has 11 heteroatoms. The van der Waals surface area contributed by atoms with Crippen LogP contribution < -0.4 is 20.7 Å². The Kier molecular flexibility index (Phi) is 8.65. The van der Waals surface area contributed by atoms with Crippen molar-refractivity contribution in [3.05, 3.63) is 28.9 Å². The number of hydrogen-bond donors (Lipinski definition) is 4. The van der Waals surface area contributed by atoms with E-state index in [1.165, 1.54) is 14.2 Å². The van der Waals surface area contributed by atoms with Gasteiger partial charge in [0.05, 0.1) is 24.8 Å². The monoisotopic (exact) mass is 548 g/mol. The Balaban J connectivity index is 1.82. The van der Waals surface area contributed by atoms with Crippen molar-refractivity contribution in [2.24, 2.45) is 11.3 Å². The van der Waals surface area contributed by atoms with Gasteiger partial charge in [-0.15, -0.1) is 0 Å². The van der Waals surface area contributed by atoms with Gasteiger partial charge in [-0.3, -0.25) is 14.4 Å². The summed E-state index contributed by atoms with van der Waals surface area (Å²) in [5.74, 6) is -1.82. The zero-order valence-corrected chi connectivity index (χ0v) is 23.7. The largest absolute Gasteiger partial charge is 0.496 e. The summed E-state index contributed by atoms with van der Waals surface area (Å²) in [5.41, 5.74) is 0.00243. The van der Waals surface area contributed by atoms with E-state index >= 15 is 0 Å². The number of carbonyl (C=O) groups is 4. The maximum atomic E-state index is 13.4. The molecule has 1 saturated heterocycles. The summed E-state index contributed by atoms with van der Waals surface area (Å²) >= 11 is 6.29. The van der Waals surface area contributed by atoms with Crippen molar-refractivity contribution < 1.29 is 28.7 Å². The first kappa shape index (κ1) is 29.3. The molecule has 3 amide bonds. The van der Waals surface area contributed by atoms with E-state index in [1.807, 2.05) is 34.6 Å². The first-order chi connectivity index (χ1) is 17.6. The number of aromatic amines is 1. The lowest BCUT2D eigenvalue weighted by atomic mass is 9.87. The zero-order valence-electron chi connectivity index (χ0n) is 22.9. The Bertz CT molecular complexity index is 1230. The second-order valence-electron chi connectivity index (χ2n) is 11.6. The lowest BCUT2D eigenvalue weighted by Crippen LogP contribution is -2.53. The summed E-state index contributed by atoms with van der Waals surface area (Å²) in [7, 11) is 2.75. The van der Waals surface area contributed by atoms with E-state index in [9.17, 15) is 19.2 Å². The molecule has 2 heterocycles. The predicted molar refractivity (Wildman–Crippen MR) is 144 cm³/mol. The van der Waals surface area contributed by atoms with Crippen LogP contribution in [-0.4, -0.2) is 60.5 Å². The number of fused-ring (bicyclic) bond motifs is 1. The van der Waals surface area contributed by atoms with Gasteiger partial charge in [-0.2, -0.15) is 0 Å². The average Bonchev–Trinajstić information content (AvgIpc) is 3.38.